The molecule has 46 heavy (non-hydrogen) atoms. The van der Waals surface area contributed by atoms with Crippen LogP contribution in [0.3, 0.4) is 0 Å². The zero-order chi connectivity index (χ0) is 33.8. The lowest BCUT2D eigenvalue weighted by atomic mass is 10.0. The van der Waals surface area contributed by atoms with Crippen LogP contribution in [0.1, 0.15) is 20.7 Å². The molecule has 0 atom stereocenters. The minimum absolute atomic E-state index is 0.00756. The molecule has 0 aliphatic carbocycles. The van der Waals surface area contributed by atoms with Gasteiger partial charge in [-0.05, 0) is 71.8 Å². The number of anilines is 2. The highest BCUT2D eigenvalue weighted by Gasteiger charge is 2.21. The number of methoxy groups -OCH3 is 2. The number of carbonyl (C=O) groups excluding carboxylic acids is 2. The van der Waals surface area contributed by atoms with E-state index in [9.17, 15) is 26.4 Å². The van der Waals surface area contributed by atoms with Crippen molar-refractivity contribution in [3.8, 4) is 22.6 Å². The van der Waals surface area contributed by atoms with Gasteiger partial charge in [-0.3, -0.25) is 9.59 Å². The lowest BCUT2D eigenvalue weighted by molar-refractivity contribution is 0.101. The van der Waals surface area contributed by atoms with Crippen molar-refractivity contribution in [3.63, 3.8) is 0 Å². The number of amides is 2. The van der Waals surface area contributed by atoms with E-state index in [1.54, 1.807) is 36.4 Å². The van der Waals surface area contributed by atoms with Crippen molar-refractivity contribution in [1.29, 1.82) is 0 Å². The van der Waals surface area contributed by atoms with Crippen molar-refractivity contribution in [2.24, 2.45) is 0 Å². The highest BCUT2D eigenvalue weighted by molar-refractivity contribution is 7.89. The van der Waals surface area contributed by atoms with Gasteiger partial charge in [-0.15, -0.1) is 0 Å². The molecule has 0 unspecified atom stereocenters. The highest BCUT2D eigenvalue weighted by atomic mass is 32.2. The predicted octanol–water partition coefficient (Wildman–Crippen LogP) is 4.38. The van der Waals surface area contributed by atoms with Crippen LogP contribution in [0, 0.1) is 0 Å². The van der Waals surface area contributed by atoms with Gasteiger partial charge in [0.1, 0.15) is 11.5 Å². The van der Waals surface area contributed by atoms with Crippen LogP contribution in [0.15, 0.2) is 94.7 Å². The monoisotopic (exact) mass is 666 g/mol. The van der Waals surface area contributed by atoms with E-state index in [1.165, 1.54) is 90.9 Å². The lowest BCUT2D eigenvalue weighted by Crippen LogP contribution is -2.22. The topological polar surface area (TPSA) is 151 Å². The minimum Gasteiger partial charge on any atom is -0.495 e. The first-order chi connectivity index (χ1) is 21.7. The Bertz CT molecular complexity index is 1870. The van der Waals surface area contributed by atoms with E-state index in [1.807, 2.05) is 0 Å². The van der Waals surface area contributed by atoms with Gasteiger partial charge in [0.15, 0.2) is 0 Å². The summed E-state index contributed by atoms with van der Waals surface area (Å²) in [6.45, 7) is 0. The first kappa shape index (κ1) is 34.1. The Morgan fingerprint density at radius 2 is 0.935 bits per heavy atom. The molecule has 0 bridgehead atoms. The summed E-state index contributed by atoms with van der Waals surface area (Å²) in [6.07, 6.45) is 0. The smallest absolute Gasteiger partial charge is 0.255 e. The van der Waals surface area contributed by atoms with Gasteiger partial charge in [0.2, 0.25) is 20.0 Å². The second-order valence-corrected chi connectivity index (χ2v) is 14.7. The summed E-state index contributed by atoms with van der Waals surface area (Å²) in [5.41, 5.74) is 2.47. The van der Waals surface area contributed by atoms with E-state index in [2.05, 4.69) is 10.6 Å². The summed E-state index contributed by atoms with van der Waals surface area (Å²) >= 11 is 0. The van der Waals surface area contributed by atoms with Gasteiger partial charge in [-0.2, -0.15) is 0 Å². The van der Waals surface area contributed by atoms with Gasteiger partial charge >= 0.3 is 0 Å². The molecule has 2 amide bonds. The third kappa shape index (κ3) is 7.21. The minimum atomic E-state index is -3.72. The maximum atomic E-state index is 13.0. The molecular weight excluding hydrogens is 633 g/mol. The van der Waals surface area contributed by atoms with Crippen molar-refractivity contribution < 1.29 is 35.9 Å². The lowest BCUT2D eigenvalue weighted by Gasteiger charge is -2.15. The van der Waals surface area contributed by atoms with Crippen LogP contribution in [0.4, 0.5) is 11.4 Å². The molecular formula is C32H34N4O8S2. The fourth-order valence-corrected chi connectivity index (χ4v) is 6.25. The van der Waals surface area contributed by atoms with Gasteiger partial charge in [-0.1, -0.05) is 24.3 Å². The third-order valence-corrected chi connectivity index (χ3v) is 10.6. The predicted molar refractivity (Wildman–Crippen MR) is 176 cm³/mol. The van der Waals surface area contributed by atoms with Crippen LogP contribution in [0.25, 0.3) is 11.1 Å². The molecule has 4 aromatic carbocycles. The summed E-state index contributed by atoms with van der Waals surface area (Å²) in [6, 6.07) is 21.7. The SMILES string of the molecule is COc1cc(-c2ccc(NC(=O)c3cccc(S(=O)(=O)N(C)C)c3)c(OC)c2)ccc1NC(=O)c1cccc(S(=O)(=O)N(C)C)c1. The highest BCUT2D eigenvalue weighted by Crippen LogP contribution is 2.35. The van der Waals surface area contributed by atoms with E-state index in [0.29, 0.717) is 34.0 Å². The molecule has 14 heteroatoms. The number of hydrogen-bond acceptors (Lipinski definition) is 8. The zero-order valence-corrected chi connectivity index (χ0v) is 27.7. The Morgan fingerprint density at radius 1 is 0.565 bits per heavy atom. The second kappa shape index (κ2) is 13.7. The van der Waals surface area contributed by atoms with Crippen molar-refractivity contribution in [3.05, 3.63) is 96.1 Å². The summed E-state index contributed by atoms with van der Waals surface area (Å²) in [7, 11) is 1.12. The van der Waals surface area contributed by atoms with E-state index in [4.69, 9.17) is 9.47 Å². The third-order valence-electron chi connectivity index (χ3n) is 6.98. The van der Waals surface area contributed by atoms with E-state index in [-0.39, 0.29) is 20.9 Å². The average Bonchev–Trinajstić information content (AvgIpc) is 3.05. The zero-order valence-electron chi connectivity index (χ0n) is 26.1. The second-order valence-electron chi connectivity index (χ2n) is 10.4. The summed E-state index contributed by atoms with van der Waals surface area (Å²) < 4.78 is 63.2. The Morgan fingerprint density at radius 3 is 1.26 bits per heavy atom. The Labute approximate surface area is 268 Å². The Kier molecular flexibility index (Phi) is 10.2. The first-order valence-corrected chi connectivity index (χ1v) is 16.6. The summed E-state index contributed by atoms with van der Waals surface area (Å²) in [5, 5.41) is 5.54. The van der Waals surface area contributed by atoms with Crippen molar-refractivity contribution in [2.75, 3.05) is 53.0 Å². The number of ether oxygens (including phenoxy) is 2. The van der Waals surface area contributed by atoms with Gasteiger partial charge in [0.25, 0.3) is 11.8 Å². The molecule has 0 heterocycles. The van der Waals surface area contributed by atoms with Gasteiger partial charge < -0.3 is 20.1 Å². The van der Waals surface area contributed by atoms with E-state index in [0.717, 1.165) is 8.61 Å². The maximum absolute atomic E-state index is 13.0. The number of nitrogens with one attached hydrogen (secondary N) is 2. The largest absolute Gasteiger partial charge is 0.495 e. The molecule has 0 fully saturated rings. The van der Waals surface area contributed by atoms with Crippen LogP contribution >= 0.6 is 0 Å². The molecule has 0 aliphatic rings. The van der Waals surface area contributed by atoms with Crippen LogP contribution in [0.5, 0.6) is 11.5 Å². The van der Waals surface area contributed by atoms with Crippen LogP contribution in [-0.4, -0.2) is 79.7 Å². The molecule has 0 aromatic heterocycles. The molecule has 4 aromatic rings. The van der Waals surface area contributed by atoms with Crippen LogP contribution in [-0.2, 0) is 20.0 Å². The first-order valence-electron chi connectivity index (χ1n) is 13.7. The maximum Gasteiger partial charge on any atom is 0.255 e. The number of rotatable bonds is 11. The van der Waals surface area contributed by atoms with Crippen LogP contribution < -0.4 is 20.1 Å². The normalized spacial score (nSPS) is 11.7. The summed E-state index contributed by atoms with van der Waals surface area (Å²) in [5.74, 6) is -0.333. The average molecular weight is 667 g/mol. The Hall–Kier alpha value is -4.76. The molecule has 2 N–H and O–H groups in total. The quantitative estimate of drug-likeness (QED) is 0.240. The Balaban J connectivity index is 1.56. The molecule has 0 spiro atoms. The molecule has 12 nitrogen and oxygen atoms in total. The molecule has 0 saturated heterocycles. The fraction of sp³-hybridized carbons (Fsp3) is 0.188. The molecule has 0 saturated carbocycles. The fourth-order valence-electron chi connectivity index (χ4n) is 4.35. The summed E-state index contributed by atoms with van der Waals surface area (Å²) in [4.78, 5) is 26.1. The van der Waals surface area contributed by atoms with Gasteiger partial charge in [0, 0.05) is 39.3 Å². The molecule has 0 aliphatic heterocycles. The molecule has 0 radical (unpaired) electrons. The number of nitrogens with zero attached hydrogens (tertiary/aromatic N) is 2. The van der Waals surface area contributed by atoms with Crippen LogP contribution in [0.2, 0.25) is 0 Å². The number of sulfonamides is 2. The molecule has 242 valence electrons. The van der Waals surface area contributed by atoms with Crippen molar-refractivity contribution in [1.82, 2.24) is 8.61 Å². The van der Waals surface area contributed by atoms with E-state index >= 15 is 0 Å². The van der Waals surface area contributed by atoms with Crippen molar-refractivity contribution in [2.45, 2.75) is 9.79 Å². The van der Waals surface area contributed by atoms with Crippen molar-refractivity contribution >= 4 is 43.2 Å². The van der Waals surface area contributed by atoms with E-state index < -0.39 is 31.9 Å². The van der Waals surface area contributed by atoms with Gasteiger partial charge in [-0.25, -0.2) is 25.4 Å². The molecule has 4 rings (SSSR count). The van der Waals surface area contributed by atoms with Gasteiger partial charge in [0.05, 0.1) is 35.4 Å². The standard InChI is InChI=1S/C32H34N4O8S2/c1-35(2)45(39,40)25-11-7-9-23(17-25)31(37)33-27-15-13-21(19-29(27)43-5)22-14-16-28(30(20-22)44-6)34-32(38)24-10-8-12-26(18-24)46(41,42)36(3)4/h7-20H,1-6H3,(H,33,37)(H,34,38). The number of carbonyl (C=O) groups is 2. The number of benzene rings is 4. The number of hydrogen-bond donors (Lipinski definition) is 2.